The van der Waals surface area contributed by atoms with E-state index in [0.717, 1.165) is 0 Å². The predicted molar refractivity (Wildman–Crippen MR) is 44.5 cm³/mol. The molecular formula is C7H13N2Se. The minimum absolute atomic E-state index is 0.00405. The molecule has 1 N–H and O–H groups in total. The van der Waals surface area contributed by atoms with E-state index < -0.39 is 11.2 Å². The normalized spacial score (nSPS) is 33.4. The van der Waals surface area contributed by atoms with Crippen molar-refractivity contribution in [1.29, 1.82) is 0 Å². The summed E-state index contributed by atoms with van der Waals surface area (Å²) in [5.41, 5.74) is -1.70. The van der Waals surface area contributed by atoms with Gasteiger partial charge in [-0.3, -0.25) is 0 Å². The molecule has 0 aromatic rings. The second-order valence-electron chi connectivity index (χ2n) is 2.66. The van der Waals surface area contributed by atoms with Crippen molar-refractivity contribution in [1.82, 2.24) is 5.32 Å². The number of nitrogens with one attached hydrogen (secondary N) is 1. The molecule has 0 atom stereocenters. The quantitative estimate of drug-likeness (QED) is 0.581. The third kappa shape index (κ3) is 1.42. The Bertz CT molecular complexity index is 238. The summed E-state index contributed by atoms with van der Waals surface area (Å²) in [4.78, 5) is 4.19. The number of hydrogen-bond donors (Lipinski definition) is 1. The average molecular weight is 208 g/mol. The molecule has 0 saturated heterocycles. The third-order valence-corrected chi connectivity index (χ3v) is 2.21. The molecule has 0 fully saturated rings. The van der Waals surface area contributed by atoms with Gasteiger partial charge in [0.1, 0.15) is 0 Å². The van der Waals surface area contributed by atoms with Crippen LogP contribution in [0.4, 0.5) is 0 Å². The molecule has 1 aliphatic heterocycles. The van der Waals surface area contributed by atoms with E-state index in [1.165, 1.54) is 0 Å². The van der Waals surface area contributed by atoms with Gasteiger partial charge in [0, 0.05) is 0 Å². The molecule has 1 rings (SSSR count). The molecule has 0 aromatic heterocycles. The SMILES string of the molecule is [2H]CC1(C[2H])N=C([Se])C(C[2H])(C[2H])N1. The first kappa shape index (κ1) is 4.24. The van der Waals surface area contributed by atoms with Crippen molar-refractivity contribution < 1.29 is 5.48 Å². The van der Waals surface area contributed by atoms with Crippen molar-refractivity contribution >= 4 is 20.6 Å². The first-order chi connectivity index (χ1) is 6.58. The zero-order valence-electron chi connectivity index (χ0n) is 9.68. The van der Waals surface area contributed by atoms with Crippen LogP contribution in [0.2, 0.25) is 0 Å². The second kappa shape index (κ2) is 2.07. The standard InChI is InChI=1S/C7H13N2Se/c1-6(2)5(10)8-7(3,4)9-6/h9H,1-4H3/i1D,2D,3D,4D. The zero-order chi connectivity index (χ0) is 10.8. The molecule has 1 radical (unpaired) electrons. The molecule has 0 spiro atoms. The van der Waals surface area contributed by atoms with Gasteiger partial charge in [0.15, 0.2) is 0 Å². The zero-order valence-corrected chi connectivity index (χ0v) is 7.40. The second-order valence-corrected chi connectivity index (χ2v) is 3.47. The van der Waals surface area contributed by atoms with Crippen molar-refractivity contribution in [2.24, 2.45) is 4.99 Å². The summed E-state index contributed by atoms with van der Waals surface area (Å²) in [6.07, 6.45) is 0. The first-order valence-electron chi connectivity index (χ1n) is 5.64. The Morgan fingerprint density at radius 1 is 1.50 bits per heavy atom. The van der Waals surface area contributed by atoms with Gasteiger partial charge in [-0.25, -0.2) is 0 Å². The Morgan fingerprint density at radius 3 is 2.50 bits per heavy atom. The Kier molecular flexibility index (Phi) is 0.877. The number of hydrogen-bond acceptors (Lipinski definition) is 2. The van der Waals surface area contributed by atoms with Crippen LogP contribution in [0.5, 0.6) is 0 Å². The topological polar surface area (TPSA) is 24.4 Å². The Morgan fingerprint density at radius 2 is 2.20 bits per heavy atom. The van der Waals surface area contributed by atoms with E-state index in [-0.39, 0.29) is 27.6 Å². The van der Waals surface area contributed by atoms with Gasteiger partial charge in [-0.05, 0) is 0 Å². The van der Waals surface area contributed by atoms with E-state index in [9.17, 15) is 0 Å². The van der Waals surface area contributed by atoms with E-state index in [1.807, 2.05) is 0 Å². The van der Waals surface area contributed by atoms with Crippen LogP contribution in [-0.2, 0) is 0 Å². The van der Waals surface area contributed by atoms with Crippen LogP contribution in [0, 0.1) is 0 Å². The summed E-state index contributed by atoms with van der Waals surface area (Å²) in [6, 6.07) is 0. The van der Waals surface area contributed by atoms with Gasteiger partial charge in [-0.2, -0.15) is 0 Å². The maximum atomic E-state index is 7.40. The summed E-state index contributed by atoms with van der Waals surface area (Å²) >= 11 is 2.74. The van der Waals surface area contributed by atoms with E-state index in [1.54, 1.807) is 0 Å². The van der Waals surface area contributed by atoms with Gasteiger partial charge in [-0.15, -0.1) is 0 Å². The van der Waals surface area contributed by atoms with Crippen molar-refractivity contribution in [2.45, 2.75) is 38.8 Å². The van der Waals surface area contributed by atoms with Gasteiger partial charge < -0.3 is 0 Å². The van der Waals surface area contributed by atoms with Crippen LogP contribution < -0.4 is 5.32 Å². The van der Waals surface area contributed by atoms with E-state index >= 15 is 0 Å². The molecule has 0 aliphatic carbocycles. The number of nitrogens with zero attached hydrogens (tertiary/aromatic N) is 1. The van der Waals surface area contributed by atoms with E-state index in [0.29, 0.717) is 4.61 Å². The van der Waals surface area contributed by atoms with Crippen LogP contribution in [0.25, 0.3) is 0 Å². The summed E-state index contributed by atoms with van der Waals surface area (Å²) < 4.78 is 30.0. The van der Waals surface area contributed by atoms with Crippen molar-refractivity contribution in [3.63, 3.8) is 0 Å². The fraction of sp³-hybridized carbons (Fsp3) is 0.857. The maximum absolute atomic E-state index is 7.40. The average Bonchev–Trinajstić information content (AvgIpc) is 2.53. The fourth-order valence-electron chi connectivity index (χ4n) is 0.828. The summed E-state index contributed by atoms with van der Waals surface area (Å²) in [5, 5.41) is 2.98. The van der Waals surface area contributed by atoms with Crippen molar-refractivity contribution in [3.8, 4) is 0 Å². The van der Waals surface area contributed by atoms with Crippen LogP contribution in [0.3, 0.4) is 0 Å². The molecule has 10 heavy (non-hydrogen) atoms. The monoisotopic (exact) mass is 209 g/mol. The van der Waals surface area contributed by atoms with E-state index in [2.05, 4.69) is 26.3 Å². The summed E-state index contributed by atoms with van der Waals surface area (Å²) in [7, 11) is 0. The molecule has 0 saturated carbocycles. The van der Waals surface area contributed by atoms with Crippen LogP contribution in [0.15, 0.2) is 4.99 Å². The van der Waals surface area contributed by atoms with E-state index in [4.69, 9.17) is 5.48 Å². The first-order valence-corrected chi connectivity index (χ1v) is 3.67. The van der Waals surface area contributed by atoms with Gasteiger partial charge in [0.2, 0.25) is 0 Å². The molecule has 1 heterocycles. The molecule has 0 unspecified atom stereocenters. The minimum atomic E-state index is -0.914. The number of aliphatic imine (C=N–C) groups is 1. The molecular weight excluding hydrogens is 191 g/mol. The summed E-state index contributed by atoms with van der Waals surface area (Å²) in [5.74, 6) is 0. The van der Waals surface area contributed by atoms with Gasteiger partial charge in [-0.1, -0.05) is 0 Å². The summed E-state index contributed by atoms with van der Waals surface area (Å²) in [6.45, 7) is -0.0684. The van der Waals surface area contributed by atoms with Gasteiger partial charge in [0.25, 0.3) is 0 Å². The van der Waals surface area contributed by atoms with Crippen molar-refractivity contribution in [3.05, 3.63) is 0 Å². The molecule has 2 nitrogen and oxygen atoms in total. The fourth-order valence-corrected chi connectivity index (χ4v) is 1.30. The van der Waals surface area contributed by atoms with Crippen molar-refractivity contribution in [2.75, 3.05) is 0 Å². The van der Waals surface area contributed by atoms with Gasteiger partial charge >= 0.3 is 75.2 Å². The Balaban J connectivity index is 2.96. The molecule has 57 valence electrons. The van der Waals surface area contributed by atoms with Crippen LogP contribution >= 0.6 is 0 Å². The van der Waals surface area contributed by atoms with Gasteiger partial charge in [0.05, 0.1) is 0 Å². The predicted octanol–water partition coefficient (Wildman–Crippen LogP) is 0.671. The molecule has 0 aromatic carbocycles. The Hall–Kier alpha value is 0.149. The molecule has 3 heteroatoms. The Labute approximate surface area is 75.9 Å². The molecule has 0 bridgehead atoms. The van der Waals surface area contributed by atoms with Crippen LogP contribution in [-0.4, -0.2) is 31.8 Å². The van der Waals surface area contributed by atoms with Crippen LogP contribution in [0.1, 0.15) is 33.1 Å². The molecule has 0 amide bonds. The molecule has 1 aliphatic rings. The number of rotatable bonds is 0. The third-order valence-electron chi connectivity index (χ3n) is 1.20.